The molecule has 2 aromatic rings. The molecule has 3 heteroatoms. The van der Waals surface area contributed by atoms with Gasteiger partial charge in [0.1, 0.15) is 10.5 Å². The van der Waals surface area contributed by atoms with Gasteiger partial charge < -0.3 is 4.98 Å². The maximum Gasteiger partial charge on any atom is 0.130 e. The lowest BCUT2D eigenvalue weighted by atomic mass is 9.75. The number of H-pyrrole nitrogens is 1. The summed E-state index contributed by atoms with van der Waals surface area (Å²) in [6.45, 7) is 8.78. The second kappa shape index (κ2) is 6.52. The summed E-state index contributed by atoms with van der Waals surface area (Å²) in [6.07, 6.45) is 1.99. The first-order valence-electron chi connectivity index (χ1n) is 7.70. The van der Waals surface area contributed by atoms with Crippen LogP contribution in [0.15, 0.2) is 36.4 Å². The van der Waals surface area contributed by atoms with Crippen LogP contribution in [0, 0.1) is 4.64 Å². The minimum atomic E-state index is -0.0975. The molecule has 0 spiro atoms. The van der Waals surface area contributed by atoms with E-state index in [1.54, 1.807) is 0 Å². The van der Waals surface area contributed by atoms with Crippen molar-refractivity contribution >= 4 is 12.2 Å². The van der Waals surface area contributed by atoms with E-state index in [-0.39, 0.29) is 5.41 Å². The Kier molecular flexibility index (Phi) is 4.94. The van der Waals surface area contributed by atoms with Gasteiger partial charge in [0, 0.05) is 5.69 Å². The summed E-state index contributed by atoms with van der Waals surface area (Å²) >= 11 is 5.39. The third kappa shape index (κ3) is 3.08. The molecule has 0 fully saturated rings. The second-order valence-corrected chi connectivity index (χ2v) is 6.25. The number of aromatic amines is 1. The van der Waals surface area contributed by atoms with E-state index in [1.807, 2.05) is 6.07 Å². The van der Waals surface area contributed by atoms with Crippen molar-refractivity contribution in [3.05, 3.63) is 58.1 Å². The second-order valence-electron chi connectivity index (χ2n) is 5.83. The van der Waals surface area contributed by atoms with E-state index in [0.717, 1.165) is 24.4 Å². The minimum absolute atomic E-state index is 0.0975. The van der Waals surface area contributed by atoms with Crippen molar-refractivity contribution in [2.75, 3.05) is 0 Å². The quantitative estimate of drug-likeness (QED) is 0.752. The van der Waals surface area contributed by atoms with Crippen molar-refractivity contribution in [1.82, 2.24) is 9.97 Å². The Hall–Kier alpha value is -1.48. The Bertz CT molecular complexity index is 640. The normalized spacial score (nSPS) is 11.9. The van der Waals surface area contributed by atoms with Gasteiger partial charge in [-0.25, -0.2) is 4.98 Å². The number of hydrogen-bond acceptors (Lipinski definition) is 2. The van der Waals surface area contributed by atoms with Gasteiger partial charge >= 0.3 is 0 Å². The Balaban J connectivity index is 2.66. The van der Waals surface area contributed by atoms with Crippen LogP contribution < -0.4 is 0 Å². The topological polar surface area (TPSA) is 28.7 Å². The molecule has 1 N–H and O–H groups in total. The Morgan fingerprint density at radius 1 is 1.14 bits per heavy atom. The van der Waals surface area contributed by atoms with Crippen LogP contribution in [0.4, 0.5) is 0 Å². The zero-order chi connectivity index (χ0) is 15.5. The first-order valence-corrected chi connectivity index (χ1v) is 8.11. The fourth-order valence-corrected chi connectivity index (χ4v) is 3.12. The zero-order valence-electron chi connectivity index (χ0n) is 13.3. The van der Waals surface area contributed by atoms with Crippen molar-refractivity contribution < 1.29 is 0 Å². The van der Waals surface area contributed by atoms with Crippen LogP contribution in [-0.4, -0.2) is 9.97 Å². The molecule has 112 valence electrons. The molecule has 0 saturated carbocycles. The summed E-state index contributed by atoms with van der Waals surface area (Å²) in [4.78, 5) is 8.21. The van der Waals surface area contributed by atoms with Crippen molar-refractivity contribution in [1.29, 1.82) is 0 Å². The Morgan fingerprint density at radius 2 is 1.76 bits per heavy atom. The summed E-state index contributed by atoms with van der Waals surface area (Å²) in [7, 11) is 0. The highest BCUT2D eigenvalue weighted by molar-refractivity contribution is 7.71. The summed E-state index contributed by atoms with van der Waals surface area (Å²) < 4.78 is 0.676. The number of benzene rings is 1. The number of nitrogens with zero attached hydrogens (tertiary/aromatic N) is 1. The molecule has 21 heavy (non-hydrogen) atoms. The van der Waals surface area contributed by atoms with E-state index < -0.39 is 0 Å². The molecule has 0 aliphatic carbocycles. The van der Waals surface area contributed by atoms with Gasteiger partial charge in [0.2, 0.25) is 0 Å². The van der Waals surface area contributed by atoms with E-state index in [9.17, 15) is 0 Å². The fourth-order valence-electron chi connectivity index (χ4n) is 2.90. The maximum absolute atomic E-state index is 5.39. The predicted molar refractivity (Wildman–Crippen MR) is 91.3 cm³/mol. The third-order valence-corrected chi connectivity index (χ3v) is 4.58. The molecular formula is C18H24N2S. The van der Waals surface area contributed by atoms with Crippen molar-refractivity contribution in [2.45, 2.75) is 51.9 Å². The summed E-state index contributed by atoms with van der Waals surface area (Å²) in [5.41, 5.74) is 2.36. The minimum Gasteiger partial charge on any atom is -0.346 e. The lowest BCUT2D eigenvalue weighted by Crippen LogP contribution is -2.29. The van der Waals surface area contributed by atoms with Crippen molar-refractivity contribution in [3.8, 4) is 0 Å². The highest BCUT2D eigenvalue weighted by Gasteiger charge is 2.33. The summed E-state index contributed by atoms with van der Waals surface area (Å²) in [5, 5.41) is 0. The average molecular weight is 300 g/mol. The van der Waals surface area contributed by atoms with Gasteiger partial charge in [-0.05, 0) is 30.4 Å². The van der Waals surface area contributed by atoms with Gasteiger partial charge in [-0.2, -0.15) is 0 Å². The molecule has 0 saturated heterocycles. The largest absolute Gasteiger partial charge is 0.346 e. The van der Waals surface area contributed by atoms with Gasteiger partial charge in [0.15, 0.2) is 0 Å². The van der Waals surface area contributed by atoms with Crippen LogP contribution in [-0.2, 0) is 5.41 Å². The first-order chi connectivity index (χ1) is 10.0. The van der Waals surface area contributed by atoms with Crippen LogP contribution in [0.25, 0.3) is 0 Å². The van der Waals surface area contributed by atoms with Gasteiger partial charge in [-0.15, -0.1) is 0 Å². The molecule has 2 rings (SSSR count). The molecule has 0 aliphatic heterocycles. The van der Waals surface area contributed by atoms with Gasteiger partial charge in [-0.1, -0.05) is 70.2 Å². The maximum atomic E-state index is 5.39. The van der Waals surface area contributed by atoms with Crippen LogP contribution in [0.5, 0.6) is 0 Å². The number of hydrogen-bond donors (Lipinski definition) is 1. The number of aromatic nitrogens is 2. The van der Waals surface area contributed by atoms with E-state index >= 15 is 0 Å². The fraction of sp³-hybridized carbons (Fsp3) is 0.444. The Labute approximate surface area is 132 Å². The first kappa shape index (κ1) is 15.9. The molecule has 1 heterocycles. The van der Waals surface area contributed by atoms with Crippen LogP contribution >= 0.6 is 12.2 Å². The molecule has 0 atom stereocenters. The monoisotopic (exact) mass is 300 g/mol. The molecule has 2 nitrogen and oxygen atoms in total. The molecule has 0 aliphatic rings. The smallest absolute Gasteiger partial charge is 0.130 e. The van der Waals surface area contributed by atoms with Crippen molar-refractivity contribution in [2.24, 2.45) is 0 Å². The van der Waals surface area contributed by atoms with E-state index in [0.29, 0.717) is 10.6 Å². The molecule has 1 aromatic carbocycles. The van der Waals surface area contributed by atoms with E-state index in [1.165, 1.54) is 5.56 Å². The summed E-state index contributed by atoms with van der Waals surface area (Å²) in [6, 6.07) is 12.6. The Morgan fingerprint density at radius 3 is 2.29 bits per heavy atom. The molecule has 0 amide bonds. The van der Waals surface area contributed by atoms with Gasteiger partial charge in [0.05, 0.1) is 5.41 Å². The van der Waals surface area contributed by atoms with Gasteiger partial charge in [0.25, 0.3) is 0 Å². The standard InChI is InChI=1S/C18H24N2S/c1-5-18(6-2,14-10-8-7-9-11-14)17-19-15(13(3)4)12-16(21)20-17/h7-13H,5-6H2,1-4H3,(H,19,20,21). The molecular weight excluding hydrogens is 276 g/mol. The highest BCUT2D eigenvalue weighted by atomic mass is 32.1. The van der Waals surface area contributed by atoms with Gasteiger partial charge in [-0.3, -0.25) is 0 Å². The lowest BCUT2D eigenvalue weighted by molar-refractivity contribution is 0.445. The lowest BCUT2D eigenvalue weighted by Gasteiger charge is -2.32. The van der Waals surface area contributed by atoms with Crippen LogP contribution in [0.1, 0.15) is 63.5 Å². The van der Waals surface area contributed by atoms with Crippen LogP contribution in [0.3, 0.4) is 0 Å². The molecule has 1 aromatic heterocycles. The average Bonchev–Trinajstić information content (AvgIpc) is 2.50. The summed E-state index contributed by atoms with van der Waals surface area (Å²) in [5.74, 6) is 1.41. The number of nitrogens with one attached hydrogen (secondary N) is 1. The zero-order valence-corrected chi connectivity index (χ0v) is 14.1. The molecule has 0 bridgehead atoms. The molecule has 0 radical (unpaired) electrons. The third-order valence-electron chi connectivity index (χ3n) is 4.37. The number of rotatable bonds is 5. The van der Waals surface area contributed by atoms with Crippen LogP contribution in [0.2, 0.25) is 0 Å². The SMILES string of the molecule is CCC(CC)(c1ccccc1)c1nc(=S)cc(C(C)C)[nH]1. The highest BCUT2D eigenvalue weighted by Crippen LogP contribution is 2.37. The molecule has 0 unspecified atom stereocenters. The van der Waals surface area contributed by atoms with E-state index in [2.05, 4.69) is 68.0 Å². The van der Waals surface area contributed by atoms with Crippen molar-refractivity contribution in [3.63, 3.8) is 0 Å². The van der Waals surface area contributed by atoms with E-state index in [4.69, 9.17) is 12.2 Å². The predicted octanol–water partition coefficient (Wildman–Crippen LogP) is 5.37.